The first-order valence-corrected chi connectivity index (χ1v) is 8.10. The van der Waals surface area contributed by atoms with Crippen molar-refractivity contribution in [2.45, 2.75) is 40.2 Å². The average molecular weight is 406 g/mol. The van der Waals surface area contributed by atoms with Gasteiger partial charge in [-0.15, -0.1) is 0 Å². The highest BCUT2D eigenvalue weighted by Gasteiger charge is 2.40. The van der Waals surface area contributed by atoms with Crippen molar-refractivity contribution >= 4 is 34.5 Å². The van der Waals surface area contributed by atoms with Gasteiger partial charge in [0.15, 0.2) is 5.69 Å². The predicted molar refractivity (Wildman–Crippen MR) is 84.2 cm³/mol. The van der Waals surface area contributed by atoms with Crippen LogP contribution in [0, 0.1) is 9.12 Å². The largest absolute Gasteiger partial charge is 0.462 e. The van der Waals surface area contributed by atoms with Crippen molar-refractivity contribution in [3.05, 3.63) is 15.0 Å². The number of halogens is 1. The lowest BCUT2D eigenvalue weighted by Gasteiger charge is -2.12. The number of carbonyl (C=O) groups excluding carboxylic acids is 2. The van der Waals surface area contributed by atoms with E-state index < -0.39 is 11.9 Å². The molecule has 1 aliphatic rings. The summed E-state index contributed by atoms with van der Waals surface area (Å²) in [6.07, 6.45) is 2.20. The fraction of sp³-hybridized carbons (Fsp3) is 0.643. The van der Waals surface area contributed by atoms with Gasteiger partial charge in [0.1, 0.15) is 9.26 Å². The summed E-state index contributed by atoms with van der Waals surface area (Å²) in [6, 6.07) is 0. The Morgan fingerprint density at radius 3 is 2.33 bits per heavy atom. The second-order valence-electron chi connectivity index (χ2n) is 5.42. The maximum absolute atomic E-state index is 12.2. The van der Waals surface area contributed by atoms with Crippen molar-refractivity contribution in [3.63, 3.8) is 0 Å². The van der Waals surface area contributed by atoms with Crippen molar-refractivity contribution in [1.82, 2.24) is 9.78 Å². The van der Waals surface area contributed by atoms with Gasteiger partial charge in [-0.05, 0) is 54.7 Å². The molecule has 1 aromatic rings. The monoisotopic (exact) mass is 406 g/mol. The van der Waals surface area contributed by atoms with Crippen molar-refractivity contribution in [2.24, 2.45) is 5.41 Å². The van der Waals surface area contributed by atoms with Gasteiger partial charge in [0, 0.05) is 6.54 Å². The molecule has 1 saturated carbocycles. The fourth-order valence-corrected chi connectivity index (χ4v) is 2.81. The zero-order valence-electron chi connectivity index (χ0n) is 12.4. The normalized spacial score (nSPS) is 15.6. The summed E-state index contributed by atoms with van der Waals surface area (Å²) in [6.45, 7) is 6.71. The molecule has 0 amide bonds. The third-order valence-electron chi connectivity index (χ3n) is 3.49. The molecule has 1 heterocycles. The van der Waals surface area contributed by atoms with Crippen molar-refractivity contribution in [1.29, 1.82) is 0 Å². The molecule has 116 valence electrons. The molecule has 0 unspecified atom stereocenters. The minimum absolute atomic E-state index is 0.155. The number of hydrogen-bond donors (Lipinski definition) is 0. The Kier molecular flexibility index (Phi) is 4.90. The molecule has 1 fully saturated rings. The van der Waals surface area contributed by atoms with E-state index in [1.165, 1.54) is 0 Å². The summed E-state index contributed by atoms with van der Waals surface area (Å²) in [5, 5.41) is 4.34. The van der Waals surface area contributed by atoms with E-state index in [1.54, 1.807) is 18.5 Å². The number of carbonyl (C=O) groups is 2. The summed E-state index contributed by atoms with van der Waals surface area (Å²) in [7, 11) is 0. The molecular formula is C14H19IN2O4. The first-order valence-electron chi connectivity index (χ1n) is 7.02. The van der Waals surface area contributed by atoms with E-state index in [0.29, 0.717) is 10.2 Å². The van der Waals surface area contributed by atoms with Crippen LogP contribution in [0.5, 0.6) is 0 Å². The van der Waals surface area contributed by atoms with Crippen molar-refractivity contribution in [3.8, 4) is 0 Å². The predicted octanol–water partition coefficient (Wildman–Crippen LogP) is 2.64. The molecule has 6 nitrogen and oxygen atoms in total. The van der Waals surface area contributed by atoms with Crippen LogP contribution < -0.4 is 0 Å². The number of hydrogen-bond acceptors (Lipinski definition) is 5. The van der Waals surface area contributed by atoms with E-state index in [4.69, 9.17) is 9.47 Å². The number of rotatable bonds is 6. The van der Waals surface area contributed by atoms with Crippen LogP contribution in [0.2, 0.25) is 0 Å². The molecule has 7 heteroatoms. The minimum atomic E-state index is -0.530. The van der Waals surface area contributed by atoms with E-state index in [1.807, 2.05) is 22.6 Å². The average Bonchev–Trinajstić information content (AvgIpc) is 3.02. The molecule has 2 rings (SSSR count). The first kappa shape index (κ1) is 16.3. The van der Waals surface area contributed by atoms with E-state index in [0.717, 1.165) is 12.8 Å². The second kappa shape index (κ2) is 6.33. The summed E-state index contributed by atoms with van der Waals surface area (Å²) in [5.74, 6) is -1.06. The highest BCUT2D eigenvalue weighted by Crippen LogP contribution is 2.46. The van der Waals surface area contributed by atoms with Gasteiger partial charge in [0.25, 0.3) is 0 Å². The molecule has 21 heavy (non-hydrogen) atoms. The highest BCUT2D eigenvalue weighted by atomic mass is 127. The van der Waals surface area contributed by atoms with Gasteiger partial charge in [-0.2, -0.15) is 5.10 Å². The highest BCUT2D eigenvalue weighted by molar-refractivity contribution is 14.1. The van der Waals surface area contributed by atoms with E-state index in [2.05, 4.69) is 12.0 Å². The van der Waals surface area contributed by atoms with Crippen LogP contribution in [0.3, 0.4) is 0 Å². The van der Waals surface area contributed by atoms with Gasteiger partial charge in [0.2, 0.25) is 0 Å². The Hall–Kier alpha value is -1.12. The summed E-state index contributed by atoms with van der Waals surface area (Å²) in [4.78, 5) is 24.3. The lowest BCUT2D eigenvalue weighted by Crippen LogP contribution is -2.20. The maximum atomic E-state index is 12.2. The molecule has 0 bridgehead atoms. The SMILES string of the molecule is CCOC(=O)c1c(I)nn(CC2(C)CC2)c1C(=O)OCC. The van der Waals surface area contributed by atoms with Crippen LogP contribution in [0.1, 0.15) is 54.5 Å². The summed E-state index contributed by atoms with van der Waals surface area (Å²) in [5.41, 5.74) is 0.565. The number of ether oxygens (including phenoxy) is 2. The Morgan fingerprint density at radius 2 is 1.81 bits per heavy atom. The molecule has 0 aromatic carbocycles. The van der Waals surface area contributed by atoms with Gasteiger partial charge >= 0.3 is 11.9 Å². The summed E-state index contributed by atoms with van der Waals surface area (Å²) < 4.78 is 12.2. The van der Waals surface area contributed by atoms with Crippen LogP contribution in [0.25, 0.3) is 0 Å². The third kappa shape index (κ3) is 3.56. The Labute approximate surface area is 137 Å². The van der Waals surface area contributed by atoms with Crippen molar-refractivity contribution in [2.75, 3.05) is 13.2 Å². The molecule has 0 saturated heterocycles. The van der Waals surface area contributed by atoms with Gasteiger partial charge in [-0.25, -0.2) is 9.59 Å². The Morgan fingerprint density at radius 1 is 1.24 bits per heavy atom. The van der Waals surface area contributed by atoms with Gasteiger partial charge in [-0.1, -0.05) is 6.92 Å². The van der Waals surface area contributed by atoms with E-state index >= 15 is 0 Å². The fourth-order valence-electron chi connectivity index (χ4n) is 2.07. The van der Waals surface area contributed by atoms with Gasteiger partial charge in [-0.3, -0.25) is 4.68 Å². The quantitative estimate of drug-likeness (QED) is 0.537. The lowest BCUT2D eigenvalue weighted by atomic mass is 10.1. The topological polar surface area (TPSA) is 70.4 Å². The maximum Gasteiger partial charge on any atom is 0.357 e. The number of aromatic nitrogens is 2. The molecule has 0 radical (unpaired) electrons. The second-order valence-corrected chi connectivity index (χ2v) is 6.45. The van der Waals surface area contributed by atoms with E-state index in [9.17, 15) is 9.59 Å². The van der Waals surface area contributed by atoms with E-state index in [-0.39, 0.29) is 29.9 Å². The van der Waals surface area contributed by atoms with Crippen LogP contribution in [0.4, 0.5) is 0 Å². The minimum Gasteiger partial charge on any atom is -0.462 e. The zero-order valence-corrected chi connectivity index (χ0v) is 14.6. The van der Waals surface area contributed by atoms with Crippen molar-refractivity contribution < 1.29 is 19.1 Å². The van der Waals surface area contributed by atoms with Crippen LogP contribution in [-0.2, 0) is 16.0 Å². The van der Waals surface area contributed by atoms with Gasteiger partial charge in [0.05, 0.1) is 13.2 Å². The smallest absolute Gasteiger partial charge is 0.357 e. The van der Waals surface area contributed by atoms with Gasteiger partial charge < -0.3 is 9.47 Å². The Balaban J connectivity index is 2.42. The summed E-state index contributed by atoms with van der Waals surface area (Å²) >= 11 is 1.95. The standard InChI is InChI=1S/C14H19IN2O4/c1-4-20-12(18)9-10(13(19)21-5-2)17(16-11(9)15)8-14(3)6-7-14/h4-8H2,1-3H3. The number of esters is 2. The third-order valence-corrected chi connectivity index (χ3v) is 4.25. The lowest BCUT2D eigenvalue weighted by molar-refractivity contribution is 0.0468. The first-order chi connectivity index (χ1) is 9.91. The zero-order chi connectivity index (χ0) is 15.6. The molecule has 0 spiro atoms. The molecule has 0 aliphatic heterocycles. The van der Waals surface area contributed by atoms with Crippen LogP contribution in [-0.4, -0.2) is 34.9 Å². The molecule has 0 N–H and O–H groups in total. The Bertz CT molecular complexity index is 564. The molecular weight excluding hydrogens is 387 g/mol. The van der Waals surface area contributed by atoms with Crippen LogP contribution in [0.15, 0.2) is 0 Å². The molecule has 0 atom stereocenters. The number of nitrogens with zero attached hydrogens (tertiary/aromatic N) is 2. The molecule has 1 aromatic heterocycles. The van der Waals surface area contributed by atoms with Crippen LogP contribution >= 0.6 is 22.6 Å². The molecule has 1 aliphatic carbocycles.